The Morgan fingerprint density at radius 2 is 1.87 bits per heavy atom. The second kappa shape index (κ2) is 9.46. The maximum atomic E-state index is 14.0. The molecule has 2 heterocycles. The Morgan fingerprint density at radius 1 is 1.23 bits per heavy atom. The smallest absolute Gasteiger partial charge is 0.341 e. The van der Waals surface area contributed by atoms with Gasteiger partial charge in [0.2, 0.25) is 15.9 Å². The Labute approximate surface area is 185 Å². The Hall–Kier alpha value is -2.30. The van der Waals surface area contributed by atoms with E-state index in [0.717, 1.165) is 16.5 Å². The van der Waals surface area contributed by atoms with Crippen molar-refractivity contribution in [2.24, 2.45) is 5.92 Å². The molecular weight excluding hydrogens is 443 g/mol. The number of rotatable bonds is 6. The van der Waals surface area contributed by atoms with Gasteiger partial charge in [0, 0.05) is 23.9 Å². The minimum Gasteiger partial charge on any atom is -0.462 e. The highest BCUT2D eigenvalue weighted by Gasteiger charge is 2.34. The number of nitrogens with one attached hydrogen (secondary N) is 1. The maximum Gasteiger partial charge on any atom is 0.341 e. The van der Waals surface area contributed by atoms with Crippen LogP contribution in [0.3, 0.4) is 0 Å². The lowest BCUT2D eigenvalue weighted by molar-refractivity contribution is -0.120. The highest BCUT2D eigenvalue weighted by molar-refractivity contribution is 7.89. The second-order valence-electron chi connectivity index (χ2n) is 7.31. The Morgan fingerprint density at radius 3 is 2.48 bits per heavy atom. The number of nitrogens with zero attached hydrogens (tertiary/aromatic N) is 1. The number of carbonyl (C=O) groups excluding carboxylic acids is 2. The van der Waals surface area contributed by atoms with Crippen LogP contribution in [0, 0.1) is 25.6 Å². The average Bonchev–Trinajstić information content (AvgIpc) is 3.01. The van der Waals surface area contributed by atoms with E-state index in [2.05, 4.69) is 5.32 Å². The van der Waals surface area contributed by atoms with E-state index in [9.17, 15) is 22.4 Å². The van der Waals surface area contributed by atoms with Gasteiger partial charge in [-0.1, -0.05) is 12.1 Å². The van der Waals surface area contributed by atoms with Crippen LogP contribution < -0.4 is 5.32 Å². The fourth-order valence-corrected chi connectivity index (χ4v) is 6.12. The summed E-state index contributed by atoms with van der Waals surface area (Å²) < 4.78 is 45.8. The van der Waals surface area contributed by atoms with E-state index in [0.29, 0.717) is 23.4 Å². The monoisotopic (exact) mass is 468 g/mol. The number of hydrogen-bond donors (Lipinski definition) is 1. The van der Waals surface area contributed by atoms with Gasteiger partial charge in [-0.25, -0.2) is 17.6 Å². The van der Waals surface area contributed by atoms with E-state index >= 15 is 0 Å². The fourth-order valence-electron chi connectivity index (χ4n) is 3.53. The molecular formula is C21H25FN2O5S2. The number of esters is 1. The minimum atomic E-state index is -3.96. The molecule has 0 aliphatic carbocycles. The molecule has 0 unspecified atom stereocenters. The number of hydrogen-bond acceptors (Lipinski definition) is 6. The molecule has 31 heavy (non-hydrogen) atoms. The molecule has 1 fully saturated rings. The van der Waals surface area contributed by atoms with Gasteiger partial charge in [-0.3, -0.25) is 4.79 Å². The zero-order valence-electron chi connectivity index (χ0n) is 17.6. The third-order valence-electron chi connectivity index (χ3n) is 5.38. The van der Waals surface area contributed by atoms with E-state index in [1.165, 1.54) is 33.8 Å². The van der Waals surface area contributed by atoms with Crippen LogP contribution in [0.1, 0.15) is 40.6 Å². The van der Waals surface area contributed by atoms with Crippen LogP contribution in [0.5, 0.6) is 0 Å². The molecule has 1 aliphatic rings. The number of halogens is 1. The van der Waals surface area contributed by atoms with Gasteiger partial charge in [0.25, 0.3) is 0 Å². The number of ether oxygens (including phenoxy) is 1. The van der Waals surface area contributed by atoms with Crippen molar-refractivity contribution >= 4 is 38.2 Å². The SMILES string of the molecule is CCOC(=O)c1c(NC(=O)C2CCN(S(=O)(=O)c3ccccc3F)CC2)sc(C)c1C. The molecule has 0 radical (unpaired) electrons. The molecule has 1 aliphatic heterocycles. The quantitative estimate of drug-likeness (QED) is 0.653. The van der Waals surface area contributed by atoms with Gasteiger partial charge in [0.15, 0.2) is 0 Å². The number of carbonyl (C=O) groups is 2. The number of sulfonamides is 1. The molecule has 1 N–H and O–H groups in total. The number of piperidine rings is 1. The van der Waals surface area contributed by atoms with Gasteiger partial charge in [-0.05, 0) is 51.3 Å². The molecule has 10 heteroatoms. The van der Waals surface area contributed by atoms with Crippen molar-refractivity contribution in [2.75, 3.05) is 25.0 Å². The average molecular weight is 469 g/mol. The first-order valence-electron chi connectivity index (χ1n) is 9.99. The molecule has 168 valence electrons. The Balaban J connectivity index is 1.69. The Bertz CT molecular complexity index is 1090. The van der Waals surface area contributed by atoms with E-state index in [1.807, 2.05) is 6.92 Å². The predicted octanol–water partition coefficient (Wildman–Crippen LogP) is 3.72. The lowest BCUT2D eigenvalue weighted by atomic mass is 9.97. The molecule has 7 nitrogen and oxygen atoms in total. The summed E-state index contributed by atoms with van der Waals surface area (Å²) in [7, 11) is -3.96. The maximum absolute atomic E-state index is 14.0. The van der Waals surface area contributed by atoms with Gasteiger partial charge in [-0.2, -0.15) is 4.31 Å². The van der Waals surface area contributed by atoms with Crippen LogP contribution in [-0.4, -0.2) is 44.3 Å². The topological polar surface area (TPSA) is 92.8 Å². The zero-order chi connectivity index (χ0) is 22.8. The van der Waals surface area contributed by atoms with Crippen molar-refractivity contribution in [3.8, 4) is 0 Å². The highest BCUT2D eigenvalue weighted by Crippen LogP contribution is 2.34. The zero-order valence-corrected chi connectivity index (χ0v) is 19.2. The van der Waals surface area contributed by atoms with Crippen molar-refractivity contribution in [3.05, 3.63) is 46.1 Å². The number of thiophene rings is 1. The van der Waals surface area contributed by atoms with Crippen LogP contribution >= 0.6 is 11.3 Å². The molecule has 0 saturated carbocycles. The number of benzene rings is 1. The first-order chi connectivity index (χ1) is 14.7. The number of anilines is 1. The molecule has 1 saturated heterocycles. The summed E-state index contributed by atoms with van der Waals surface area (Å²) >= 11 is 1.31. The molecule has 0 spiro atoms. The first kappa shape index (κ1) is 23.4. The standard InChI is InChI=1S/C21H25FN2O5S2/c1-4-29-21(26)18-13(2)14(3)30-20(18)23-19(25)15-9-11-24(12-10-15)31(27,28)17-8-6-5-7-16(17)22/h5-8,15H,4,9-12H2,1-3H3,(H,23,25). The first-order valence-corrected chi connectivity index (χ1v) is 12.2. The highest BCUT2D eigenvalue weighted by atomic mass is 32.2. The summed E-state index contributed by atoms with van der Waals surface area (Å²) in [5, 5.41) is 3.27. The van der Waals surface area contributed by atoms with Gasteiger partial charge in [0.05, 0.1) is 12.2 Å². The van der Waals surface area contributed by atoms with Crippen LogP contribution in [0.25, 0.3) is 0 Å². The summed E-state index contributed by atoms with van der Waals surface area (Å²) in [6.07, 6.45) is 0.606. The van der Waals surface area contributed by atoms with Crippen molar-refractivity contribution in [3.63, 3.8) is 0 Å². The van der Waals surface area contributed by atoms with Crippen LogP contribution in [0.15, 0.2) is 29.2 Å². The van der Waals surface area contributed by atoms with Crippen molar-refractivity contribution in [1.29, 1.82) is 0 Å². The Kier molecular flexibility index (Phi) is 7.13. The summed E-state index contributed by atoms with van der Waals surface area (Å²) in [6, 6.07) is 5.26. The second-order valence-corrected chi connectivity index (χ2v) is 10.4. The normalized spacial score (nSPS) is 15.6. The summed E-state index contributed by atoms with van der Waals surface area (Å²) in [6.45, 7) is 5.84. The molecule has 0 atom stereocenters. The number of aryl methyl sites for hydroxylation is 1. The third-order valence-corrected chi connectivity index (χ3v) is 8.44. The van der Waals surface area contributed by atoms with Gasteiger partial charge in [0.1, 0.15) is 15.7 Å². The predicted molar refractivity (Wildman–Crippen MR) is 116 cm³/mol. The van der Waals surface area contributed by atoms with Gasteiger partial charge in [-0.15, -0.1) is 11.3 Å². The van der Waals surface area contributed by atoms with E-state index in [1.54, 1.807) is 13.8 Å². The van der Waals surface area contributed by atoms with Gasteiger partial charge < -0.3 is 10.1 Å². The van der Waals surface area contributed by atoms with Crippen molar-refractivity contribution < 1.29 is 27.1 Å². The van der Waals surface area contributed by atoms with Gasteiger partial charge >= 0.3 is 5.97 Å². The molecule has 2 aromatic rings. The summed E-state index contributed by atoms with van der Waals surface area (Å²) in [4.78, 5) is 25.7. The molecule has 3 rings (SSSR count). The largest absolute Gasteiger partial charge is 0.462 e. The van der Waals surface area contributed by atoms with Crippen LogP contribution in [-0.2, 0) is 19.6 Å². The van der Waals surface area contributed by atoms with Crippen molar-refractivity contribution in [1.82, 2.24) is 4.31 Å². The molecule has 1 aromatic heterocycles. The van der Waals surface area contributed by atoms with Crippen LogP contribution in [0.2, 0.25) is 0 Å². The summed E-state index contributed by atoms with van der Waals surface area (Å²) in [5.41, 5.74) is 1.13. The fraction of sp³-hybridized carbons (Fsp3) is 0.429. The number of amides is 1. The van der Waals surface area contributed by atoms with E-state index in [-0.39, 0.29) is 30.5 Å². The third kappa shape index (κ3) is 4.81. The lowest BCUT2D eigenvalue weighted by Crippen LogP contribution is -2.41. The minimum absolute atomic E-state index is 0.113. The van der Waals surface area contributed by atoms with E-state index < -0.39 is 27.7 Å². The van der Waals surface area contributed by atoms with E-state index in [4.69, 9.17) is 4.74 Å². The molecule has 1 aromatic carbocycles. The molecule has 0 bridgehead atoms. The van der Waals surface area contributed by atoms with Crippen LogP contribution in [0.4, 0.5) is 9.39 Å². The molecule has 1 amide bonds. The van der Waals surface area contributed by atoms with Crippen molar-refractivity contribution in [2.45, 2.75) is 38.5 Å². The summed E-state index contributed by atoms with van der Waals surface area (Å²) in [5.74, 6) is -1.96. The lowest BCUT2D eigenvalue weighted by Gasteiger charge is -2.30.